The van der Waals surface area contributed by atoms with Crippen LogP contribution in [-0.2, 0) is 6.42 Å². The summed E-state index contributed by atoms with van der Waals surface area (Å²) in [6, 6.07) is 10.7. The lowest BCUT2D eigenvalue weighted by molar-refractivity contribution is 0.280. The molecule has 0 spiro atoms. The molecule has 0 aliphatic rings. The molecule has 2 N–H and O–H groups in total. The molecule has 0 saturated carbocycles. The van der Waals surface area contributed by atoms with Gasteiger partial charge < -0.3 is 10.6 Å². The number of aryl methyl sites for hydroxylation is 1. The summed E-state index contributed by atoms with van der Waals surface area (Å²) < 4.78 is 0. The first-order valence-corrected chi connectivity index (χ1v) is 6.83. The fraction of sp³-hybridized carbons (Fsp3) is 0.600. The van der Waals surface area contributed by atoms with Gasteiger partial charge in [0.1, 0.15) is 0 Å². The van der Waals surface area contributed by atoms with E-state index in [1.165, 1.54) is 31.4 Å². The Morgan fingerprint density at radius 2 is 1.71 bits per heavy atom. The number of hydrogen-bond donors (Lipinski definition) is 1. The predicted molar refractivity (Wildman–Crippen MR) is 75.2 cm³/mol. The molecule has 96 valence electrons. The van der Waals surface area contributed by atoms with Crippen LogP contribution in [0.15, 0.2) is 30.3 Å². The van der Waals surface area contributed by atoms with Crippen LogP contribution >= 0.6 is 0 Å². The molecule has 0 fully saturated rings. The van der Waals surface area contributed by atoms with Gasteiger partial charge in [-0.15, -0.1) is 0 Å². The van der Waals surface area contributed by atoms with E-state index in [-0.39, 0.29) is 0 Å². The van der Waals surface area contributed by atoms with E-state index >= 15 is 0 Å². The lowest BCUT2D eigenvalue weighted by atomic mass is 10.1. The van der Waals surface area contributed by atoms with Crippen molar-refractivity contribution < 1.29 is 0 Å². The normalized spacial score (nSPS) is 11.0. The molecular formula is C15H26N2. The Morgan fingerprint density at radius 3 is 2.35 bits per heavy atom. The average Bonchev–Trinajstić information content (AvgIpc) is 2.39. The molecule has 1 rings (SSSR count). The summed E-state index contributed by atoms with van der Waals surface area (Å²) in [4.78, 5) is 2.50. The summed E-state index contributed by atoms with van der Waals surface area (Å²) in [7, 11) is 0. The highest BCUT2D eigenvalue weighted by Crippen LogP contribution is 2.05. The van der Waals surface area contributed by atoms with Crippen molar-refractivity contribution in [3.05, 3.63) is 35.9 Å². The van der Waals surface area contributed by atoms with E-state index in [0.717, 1.165) is 26.1 Å². The van der Waals surface area contributed by atoms with Crippen molar-refractivity contribution in [2.45, 2.75) is 32.6 Å². The van der Waals surface area contributed by atoms with Crippen LogP contribution in [0.3, 0.4) is 0 Å². The van der Waals surface area contributed by atoms with Gasteiger partial charge in [0.2, 0.25) is 0 Å². The number of nitrogens with zero attached hydrogens (tertiary/aromatic N) is 1. The quantitative estimate of drug-likeness (QED) is 0.666. The van der Waals surface area contributed by atoms with Gasteiger partial charge in [-0.25, -0.2) is 0 Å². The van der Waals surface area contributed by atoms with Crippen LogP contribution in [0.1, 0.15) is 31.7 Å². The Kier molecular flexibility index (Phi) is 7.69. The highest BCUT2D eigenvalue weighted by Gasteiger charge is 2.01. The Bertz CT molecular complexity index is 272. The summed E-state index contributed by atoms with van der Waals surface area (Å²) in [5, 5.41) is 0. The smallest absolute Gasteiger partial charge is 0.000683 e. The van der Waals surface area contributed by atoms with Gasteiger partial charge in [-0.3, -0.25) is 0 Å². The van der Waals surface area contributed by atoms with Crippen LogP contribution < -0.4 is 5.73 Å². The molecule has 0 aliphatic heterocycles. The molecule has 2 nitrogen and oxygen atoms in total. The standard InChI is InChI=1S/C15H26N2/c1-2-17(14-8-12-16)13-7-6-11-15-9-4-3-5-10-15/h3-5,9-10H,2,6-8,11-14,16H2,1H3. The van der Waals surface area contributed by atoms with Crippen LogP contribution in [0, 0.1) is 0 Å². The van der Waals surface area contributed by atoms with E-state index in [1.54, 1.807) is 0 Å². The fourth-order valence-electron chi connectivity index (χ4n) is 2.05. The van der Waals surface area contributed by atoms with Crippen LogP contribution in [0.25, 0.3) is 0 Å². The van der Waals surface area contributed by atoms with E-state index in [0.29, 0.717) is 0 Å². The van der Waals surface area contributed by atoms with Crippen molar-refractivity contribution in [2.75, 3.05) is 26.2 Å². The third-order valence-electron chi connectivity index (χ3n) is 3.16. The average molecular weight is 234 g/mol. The van der Waals surface area contributed by atoms with E-state index in [2.05, 4.69) is 42.2 Å². The van der Waals surface area contributed by atoms with Crippen molar-refractivity contribution >= 4 is 0 Å². The maximum atomic E-state index is 5.54. The van der Waals surface area contributed by atoms with Crippen molar-refractivity contribution in [1.82, 2.24) is 4.90 Å². The largest absolute Gasteiger partial charge is 0.330 e. The first kappa shape index (κ1) is 14.2. The number of rotatable bonds is 9. The zero-order valence-corrected chi connectivity index (χ0v) is 11.1. The first-order valence-electron chi connectivity index (χ1n) is 6.83. The minimum atomic E-state index is 0.806. The topological polar surface area (TPSA) is 29.3 Å². The number of hydrogen-bond acceptors (Lipinski definition) is 2. The summed E-state index contributed by atoms with van der Waals surface area (Å²) >= 11 is 0. The maximum absolute atomic E-state index is 5.54. The SMILES string of the molecule is CCN(CCCN)CCCCc1ccccc1. The van der Waals surface area contributed by atoms with Gasteiger partial charge in [-0.2, -0.15) is 0 Å². The van der Waals surface area contributed by atoms with Crippen molar-refractivity contribution in [3.8, 4) is 0 Å². The van der Waals surface area contributed by atoms with Gasteiger partial charge in [0.05, 0.1) is 0 Å². The molecule has 1 aromatic rings. The maximum Gasteiger partial charge on any atom is -0.000683 e. The molecule has 0 aromatic heterocycles. The minimum absolute atomic E-state index is 0.806. The van der Waals surface area contributed by atoms with Crippen molar-refractivity contribution in [2.24, 2.45) is 5.73 Å². The highest BCUT2D eigenvalue weighted by atomic mass is 15.1. The van der Waals surface area contributed by atoms with Gasteiger partial charge in [0.25, 0.3) is 0 Å². The fourth-order valence-corrected chi connectivity index (χ4v) is 2.05. The second kappa shape index (κ2) is 9.20. The van der Waals surface area contributed by atoms with Gasteiger partial charge in [-0.05, 0) is 57.4 Å². The molecule has 0 unspecified atom stereocenters. The van der Waals surface area contributed by atoms with Crippen LogP contribution in [0.5, 0.6) is 0 Å². The molecule has 1 aromatic carbocycles. The highest BCUT2D eigenvalue weighted by molar-refractivity contribution is 5.14. The second-order valence-corrected chi connectivity index (χ2v) is 4.52. The Labute approximate surface area is 106 Å². The first-order chi connectivity index (χ1) is 8.36. The summed E-state index contributed by atoms with van der Waals surface area (Å²) in [6.45, 7) is 6.54. The zero-order valence-electron chi connectivity index (χ0n) is 11.1. The molecule has 17 heavy (non-hydrogen) atoms. The third kappa shape index (κ3) is 6.44. The van der Waals surface area contributed by atoms with Gasteiger partial charge >= 0.3 is 0 Å². The van der Waals surface area contributed by atoms with E-state index < -0.39 is 0 Å². The third-order valence-corrected chi connectivity index (χ3v) is 3.16. The van der Waals surface area contributed by atoms with E-state index in [9.17, 15) is 0 Å². The van der Waals surface area contributed by atoms with Crippen LogP contribution in [0.4, 0.5) is 0 Å². The van der Waals surface area contributed by atoms with Gasteiger partial charge in [0, 0.05) is 0 Å². The minimum Gasteiger partial charge on any atom is -0.330 e. The molecule has 0 aliphatic carbocycles. The van der Waals surface area contributed by atoms with Crippen molar-refractivity contribution in [3.63, 3.8) is 0 Å². The Balaban J connectivity index is 2.10. The van der Waals surface area contributed by atoms with E-state index in [4.69, 9.17) is 5.73 Å². The molecule has 0 radical (unpaired) electrons. The lowest BCUT2D eigenvalue weighted by Gasteiger charge is -2.19. The van der Waals surface area contributed by atoms with Gasteiger partial charge in [-0.1, -0.05) is 37.3 Å². The van der Waals surface area contributed by atoms with Crippen molar-refractivity contribution in [1.29, 1.82) is 0 Å². The number of benzene rings is 1. The molecule has 0 saturated heterocycles. The van der Waals surface area contributed by atoms with E-state index in [1.807, 2.05) is 0 Å². The Hall–Kier alpha value is -0.860. The summed E-state index contributed by atoms with van der Waals surface area (Å²) in [6.07, 6.45) is 4.89. The monoisotopic (exact) mass is 234 g/mol. The molecular weight excluding hydrogens is 208 g/mol. The number of nitrogens with two attached hydrogens (primary N) is 1. The molecule has 0 atom stereocenters. The van der Waals surface area contributed by atoms with Crippen LogP contribution in [0.2, 0.25) is 0 Å². The molecule has 0 heterocycles. The second-order valence-electron chi connectivity index (χ2n) is 4.52. The predicted octanol–water partition coefficient (Wildman–Crippen LogP) is 2.68. The molecule has 0 bridgehead atoms. The summed E-state index contributed by atoms with van der Waals surface area (Å²) in [5.41, 5.74) is 6.99. The number of unbranched alkanes of at least 4 members (excludes halogenated alkanes) is 1. The lowest BCUT2D eigenvalue weighted by Crippen LogP contribution is -2.27. The molecule has 2 heteroatoms. The Morgan fingerprint density at radius 1 is 1.00 bits per heavy atom. The summed E-state index contributed by atoms with van der Waals surface area (Å²) in [5.74, 6) is 0. The van der Waals surface area contributed by atoms with Gasteiger partial charge in [0.15, 0.2) is 0 Å². The molecule has 0 amide bonds. The van der Waals surface area contributed by atoms with Crippen LogP contribution in [-0.4, -0.2) is 31.1 Å². The zero-order chi connectivity index (χ0) is 12.3.